The predicted octanol–water partition coefficient (Wildman–Crippen LogP) is 3.92. The van der Waals surface area contributed by atoms with Gasteiger partial charge in [-0.25, -0.2) is 0 Å². The van der Waals surface area contributed by atoms with Gasteiger partial charge in [0.15, 0.2) is 0 Å². The lowest BCUT2D eigenvalue weighted by molar-refractivity contribution is -0.138. The van der Waals surface area contributed by atoms with Crippen molar-refractivity contribution >= 4 is 38.0 Å². The maximum Gasteiger partial charge on any atom is 0.325 e. The van der Waals surface area contributed by atoms with Gasteiger partial charge in [0.1, 0.15) is 22.6 Å². The summed E-state index contributed by atoms with van der Waals surface area (Å²) in [5, 5.41) is 11.0. The Kier molecular flexibility index (Phi) is 6.60. The standard InChI is InChI=1S/C18H19IN2O3/c1-12-8-15(21-10-17(22)23-2)14(18(19)20)9-16(12)24-11-13-6-4-3-5-7-13/h3-9,20-21H,10-11H2,1-2H3. The van der Waals surface area contributed by atoms with E-state index in [-0.39, 0.29) is 12.5 Å². The van der Waals surface area contributed by atoms with Gasteiger partial charge in [-0.15, -0.1) is 0 Å². The normalized spacial score (nSPS) is 10.1. The average Bonchev–Trinajstić information content (AvgIpc) is 2.59. The summed E-state index contributed by atoms with van der Waals surface area (Å²) in [6, 6.07) is 13.6. The number of carbonyl (C=O) groups excluding carboxylic acids is 1. The Hall–Kier alpha value is -2.09. The lowest BCUT2D eigenvalue weighted by Crippen LogP contribution is -2.16. The Morgan fingerprint density at radius 3 is 2.58 bits per heavy atom. The second-order valence-corrected chi connectivity index (χ2v) is 6.26. The van der Waals surface area contributed by atoms with Crippen molar-refractivity contribution in [2.24, 2.45) is 0 Å². The van der Waals surface area contributed by atoms with Gasteiger partial charge in [-0.2, -0.15) is 0 Å². The fourth-order valence-electron chi connectivity index (χ4n) is 2.15. The molecule has 2 aromatic rings. The molecule has 2 aromatic carbocycles. The number of rotatable bonds is 7. The highest BCUT2D eigenvalue weighted by Crippen LogP contribution is 2.29. The van der Waals surface area contributed by atoms with Crippen LogP contribution in [0.3, 0.4) is 0 Å². The zero-order chi connectivity index (χ0) is 17.5. The molecule has 0 heterocycles. The van der Waals surface area contributed by atoms with Gasteiger partial charge >= 0.3 is 5.97 Å². The van der Waals surface area contributed by atoms with Crippen molar-refractivity contribution in [2.75, 3.05) is 19.0 Å². The van der Waals surface area contributed by atoms with Crippen LogP contribution in [-0.4, -0.2) is 23.3 Å². The summed E-state index contributed by atoms with van der Waals surface area (Å²) in [6.45, 7) is 2.45. The molecule has 2 N–H and O–H groups in total. The van der Waals surface area contributed by atoms with E-state index in [9.17, 15) is 4.79 Å². The van der Waals surface area contributed by atoms with Gasteiger partial charge in [-0.05, 0) is 52.8 Å². The lowest BCUT2D eigenvalue weighted by Gasteiger charge is -2.15. The molecular formula is C18H19IN2O3. The molecule has 0 aliphatic carbocycles. The number of hydrogen-bond acceptors (Lipinski definition) is 5. The monoisotopic (exact) mass is 438 g/mol. The van der Waals surface area contributed by atoms with Crippen LogP contribution < -0.4 is 10.1 Å². The molecule has 0 radical (unpaired) electrons. The van der Waals surface area contributed by atoms with E-state index in [2.05, 4.69) is 10.1 Å². The summed E-state index contributed by atoms with van der Waals surface area (Å²) in [7, 11) is 1.34. The molecule has 0 spiro atoms. The van der Waals surface area contributed by atoms with Crippen LogP contribution in [0.2, 0.25) is 0 Å². The molecule has 0 aliphatic heterocycles. The van der Waals surface area contributed by atoms with Crippen molar-refractivity contribution in [3.63, 3.8) is 0 Å². The molecule has 0 amide bonds. The largest absolute Gasteiger partial charge is 0.489 e. The molecule has 2 rings (SSSR count). The average molecular weight is 438 g/mol. The molecule has 0 aliphatic rings. The number of ether oxygens (including phenoxy) is 2. The van der Waals surface area contributed by atoms with Crippen LogP contribution >= 0.6 is 22.6 Å². The summed E-state index contributed by atoms with van der Waals surface area (Å²) in [4.78, 5) is 11.3. The first kappa shape index (κ1) is 18.3. The van der Waals surface area contributed by atoms with Gasteiger partial charge in [0.2, 0.25) is 0 Å². The fraction of sp³-hybridized carbons (Fsp3) is 0.222. The van der Waals surface area contributed by atoms with Crippen LogP contribution in [0.15, 0.2) is 42.5 Å². The quantitative estimate of drug-likeness (QED) is 0.391. The van der Waals surface area contributed by atoms with E-state index in [4.69, 9.17) is 10.1 Å². The highest BCUT2D eigenvalue weighted by atomic mass is 127. The molecule has 0 unspecified atom stereocenters. The second kappa shape index (κ2) is 8.68. The van der Waals surface area contributed by atoms with Crippen molar-refractivity contribution in [2.45, 2.75) is 13.5 Å². The number of hydrogen-bond donors (Lipinski definition) is 2. The molecule has 0 bridgehead atoms. The first-order chi connectivity index (χ1) is 11.5. The number of nitrogens with one attached hydrogen (secondary N) is 2. The molecule has 5 nitrogen and oxygen atoms in total. The van der Waals surface area contributed by atoms with E-state index in [1.807, 2.05) is 72.0 Å². The summed E-state index contributed by atoms with van der Waals surface area (Å²) in [5.74, 6) is 0.363. The fourth-order valence-corrected chi connectivity index (χ4v) is 2.59. The molecule has 126 valence electrons. The Labute approximate surface area is 155 Å². The number of halogens is 1. The van der Waals surface area contributed by atoms with E-state index >= 15 is 0 Å². The van der Waals surface area contributed by atoms with Gasteiger partial charge < -0.3 is 14.8 Å². The lowest BCUT2D eigenvalue weighted by atomic mass is 10.1. The number of carbonyl (C=O) groups is 1. The maximum atomic E-state index is 11.3. The summed E-state index contributed by atoms with van der Waals surface area (Å²) in [6.07, 6.45) is 0. The molecular weight excluding hydrogens is 419 g/mol. The predicted molar refractivity (Wildman–Crippen MR) is 103 cm³/mol. The molecule has 6 heteroatoms. The first-order valence-electron chi connectivity index (χ1n) is 7.37. The maximum absolute atomic E-state index is 11.3. The highest BCUT2D eigenvalue weighted by Gasteiger charge is 2.12. The topological polar surface area (TPSA) is 71.4 Å². The van der Waals surface area contributed by atoms with Crippen molar-refractivity contribution in [3.8, 4) is 5.75 Å². The van der Waals surface area contributed by atoms with E-state index in [1.165, 1.54) is 7.11 Å². The minimum Gasteiger partial charge on any atom is -0.489 e. The molecule has 0 fully saturated rings. The van der Waals surface area contributed by atoms with Crippen LogP contribution in [-0.2, 0) is 16.1 Å². The number of aryl methyl sites for hydroxylation is 1. The first-order valence-corrected chi connectivity index (χ1v) is 8.45. The van der Waals surface area contributed by atoms with Gasteiger partial charge in [-0.3, -0.25) is 10.2 Å². The smallest absolute Gasteiger partial charge is 0.325 e. The van der Waals surface area contributed by atoms with Crippen molar-refractivity contribution < 1.29 is 14.3 Å². The number of esters is 1. The Morgan fingerprint density at radius 2 is 1.96 bits per heavy atom. The zero-order valence-electron chi connectivity index (χ0n) is 13.6. The van der Waals surface area contributed by atoms with Crippen molar-refractivity contribution in [1.82, 2.24) is 0 Å². The summed E-state index contributed by atoms with van der Waals surface area (Å²) in [5.41, 5.74) is 3.41. The Morgan fingerprint density at radius 1 is 1.25 bits per heavy atom. The van der Waals surface area contributed by atoms with Gasteiger partial charge in [-0.1, -0.05) is 30.3 Å². The van der Waals surface area contributed by atoms with Crippen LogP contribution in [0, 0.1) is 12.3 Å². The van der Waals surface area contributed by atoms with Gasteiger partial charge in [0.05, 0.1) is 7.11 Å². The number of anilines is 1. The van der Waals surface area contributed by atoms with E-state index in [0.717, 1.165) is 16.9 Å². The third-order valence-electron chi connectivity index (χ3n) is 3.44. The summed E-state index contributed by atoms with van der Waals surface area (Å²) < 4.78 is 10.9. The van der Waals surface area contributed by atoms with Crippen molar-refractivity contribution in [1.29, 1.82) is 5.41 Å². The van der Waals surface area contributed by atoms with Crippen molar-refractivity contribution in [3.05, 3.63) is 59.2 Å². The highest BCUT2D eigenvalue weighted by molar-refractivity contribution is 14.1. The number of benzene rings is 2. The molecule has 0 atom stereocenters. The Bertz CT molecular complexity index is 733. The van der Waals surface area contributed by atoms with Gasteiger partial charge in [0, 0.05) is 11.3 Å². The minimum absolute atomic E-state index is 0.0527. The molecule has 0 saturated heterocycles. The van der Waals surface area contributed by atoms with E-state index < -0.39 is 0 Å². The SMILES string of the molecule is COC(=O)CNc1cc(C)c(OCc2ccccc2)cc1C(=N)I. The van der Waals surface area contributed by atoms with Crippen LogP contribution in [0.5, 0.6) is 5.75 Å². The third kappa shape index (κ3) is 4.95. The molecule has 0 saturated carbocycles. The van der Waals surface area contributed by atoms with E-state index in [0.29, 0.717) is 21.6 Å². The van der Waals surface area contributed by atoms with Crippen LogP contribution in [0.4, 0.5) is 5.69 Å². The van der Waals surface area contributed by atoms with Crippen LogP contribution in [0.1, 0.15) is 16.7 Å². The van der Waals surface area contributed by atoms with E-state index in [1.54, 1.807) is 0 Å². The minimum atomic E-state index is -0.358. The molecule has 24 heavy (non-hydrogen) atoms. The third-order valence-corrected chi connectivity index (χ3v) is 4.02. The molecule has 0 aromatic heterocycles. The van der Waals surface area contributed by atoms with Crippen LogP contribution in [0.25, 0.3) is 0 Å². The Balaban J connectivity index is 2.19. The summed E-state index contributed by atoms with van der Waals surface area (Å²) >= 11 is 1.94. The second-order valence-electron chi connectivity index (χ2n) is 5.18. The zero-order valence-corrected chi connectivity index (χ0v) is 15.7. The number of methoxy groups -OCH3 is 1. The van der Waals surface area contributed by atoms with Gasteiger partial charge in [0.25, 0.3) is 0 Å².